The Bertz CT molecular complexity index is 468. The molecule has 0 unspecified atom stereocenters. The molecule has 0 aliphatic carbocycles. The fourth-order valence-corrected chi connectivity index (χ4v) is 1.37. The average molecular weight is 239 g/mol. The van der Waals surface area contributed by atoms with E-state index in [1.165, 1.54) is 0 Å². The first kappa shape index (κ1) is 12.3. The number of nitrogens with one attached hydrogen (secondary N) is 1. The topological polar surface area (TPSA) is 66.0 Å². The molecule has 1 aromatic carbocycles. The fourth-order valence-electron chi connectivity index (χ4n) is 1.37. The zero-order valence-electron chi connectivity index (χ0n) is 8.38. The van der Waals surface area contributed by atoms with E-state index in [0.29, 0.717) is 5.69 Å². The number of aromatic nitrogens is 2. The van der Waals surface area contributed by atoms with Crippen molar-refractivity contribution in [1.29, 1.82) is 0 Å². The number of aliphatic carboxylic acids is 1. The van der Waals surface area contributed by atoms with E-state index >= 15 is 0 Å². The molecular weight excluding hydrogens is 228 g/mol. The highest BCUT2D eigenvalue weighted by atomic mass is 35.5. The van der Waals surface area contributed by atoms with Crippen molar-refractivity contribution in [3.05, 3.63) is 42.1 Å². The molecule has 2 aromatic rings. The normalized spacial score (nSPS) is 9.50. The van der Waals surface area contributed by atoms with E-state index in [0.717, 1.165) is 11.3 Å². The van der Waals surface area contributed by atoms with Crippen LogP contribution in [-0.4, -0.2) is 21.3 Å². The van der Waals surface area contributed by atoms with Crippen molar-refractivity contribution >= 4 is 18.4 Å². The van der Waals surface area contributed by atoms with Crippen LogP contribution in [0, 0.1) is 0 Å². The highest BCUT2D eigenvalue weighted by Crippen LogP contribution is 2.16. The van der Waals surface area contributed by atoms with Gasteiger partial charge in [-0.3, -0.25) is 9.89 Å². The molecule has 0 saturated carbocycles. The number of rotatable bonds is 3. The van der Waals surface area contributed by atoms with Gasteiger partial charge in [0.15, 0.2) is 0 Å². The molecule has 0 aliphatic heterocycles. The molecule has 16 heavy (non-hydrogen) atoms. The van der Waals surface area contributed by atoms with Crippen LogP contribution in [0.1, 0.15) is 5.69 Å². The van der Waals surface area contributed by atoms with Crippen molar-refractivity contribution in [1.82, 2.24) is 10.2 Å². The Morgan fingerprint density at radius 3 is 2.62 bits per heavy atom. The number of nitrogens with zero attached hydrogens (tertiary/aromatic N) is 1. The van der Waals surface area contributed by atoms with E-state index in [-0.39, 0.29) is 18.8 Å². The van der Waals surface area contributed by atoms with Crippen LogP contribution in [0.15, 0.2) is 36.4 Å². The lowest BCUT2D eigenvalue weighted by molar-refractivity contribution is -0.136. The predicted molar refractivity (Wildman–Crippen MR) is 62.6 cm³/mol. The van der Waals surface area contributed by atoms with Gasteiger partial charge in [0.1, 0.15) is 0 Å². The van der Waals surface area contributed by atoms with Gasteiger partial charge in [-0.05, 0) is 6.07 Å². The summed E-state index contributed by atoms with van der Waals surface area (Å²) in [5.74, 6) is -0.863. The average Bonchev–Trinajstić information content (AvgIpc) is 2.67. The van der Waals surface area contributed by atoms with Crippen LogP contribution in [0.2, 0.25) is 0 Å². The Kier molecular flexibility index (Phi) is 4.08. The van der Waals surface area contributed by atoms with Crippen molar-refractivity contribution in [3.8, 4) is 11.3 Å². The number of H-pyrrole nitrogens is 1. The minimum absolute atomic E-state index is 0. The second-order valence-corrected chi connectivity index (χ2v) is 3.21. The molecule has 2 rings (SSSR count). The molecule has 0 aliphatic rings. The molecule has 0 fully saturated rings. The second kappa shape index (κ2) is 5.32. The largest absolute Gasteiger partial charge is 0.481 e. The maximum absolute atomic E-state index is 10.5. The molecule has 4 nitrogen and oxygen atoms in total. The molecule has 2 N–H and O–H groups in total. The highest BCUT2D eigenvalue weighted by Gasteiger charge is 2.06. The first-order valence-corrected chi connectivity index (χ1v) is 4.57. The van der Waals surface area contributed by atoms with Crippen LogP contribution in [-0.2, 0) is 11.2 Å². The lowest BCUT2D eigenvalue weighted by atomic mass is 10.1. The summed E-state index contributed by atoms with van der Waals surface area (Å²) in [7, 11) is 0. The Labute approximate surface area is 98.7 Å². The molecule has 84 valence electrons. The van der Waals surface area contributed by atoms with Gasteiger partial charge < -0.3 is 5.11 Å². The molecule has 0 bridgehead atoms. The summed E-state index contributed by atoms with van der Waals surface area (Å²) in [4.78, 5) is 10.5. The third kappa shape index (κ3) is 2.84. The Balaban J connectivity index is 0.00000128. The number of carboxylic acid groups (broad SMARTS) is 1. The number of aromatic amines is 1. The molecule has 1 heterocycles. The van der Waals surface area contributed by atoms with Crippen molar-refractivity contribution < 1.29 is 9.90 Å². The lowest BCUT2D eigenvalue weighted by Crippen LogP contribution is -1.99. The molecule has 0 radical (unpaired) electrons. The Morgan fingerprint density at radius 2 is 2.00 bits per heavy atom. The van der Waals surface area contributed by atoms with Crippen molar-refractivity contribution in [3.63, 3.8) is 0 Å². The van der Waals surface area contributed by atoms with Crippen LogP contribution in [0.5, 0.6) is 0 Å². The molecule has 0 amide bonds. The number of hydrogen-bond acceptors (Lipinski definition) is 2. The SMILES string of the molecule is Cl.O=C(O)Cc1cc(-c2ccccc2)n[nH]1. The van der Waals surface area contributed by atoms with E-state index in [4.69, 9.17) is 5.11 Å². The summed E-state index contributed by atoms with van der Waals surface area (Å²) in [6.45, 7) is 0. The smallest absolute Gasteiger partial charge is 0.309 e. The quantitative estimate of drug-likeness (QED) is 0.861. The summed E-state index contributed by atoms with van der Waals surface area (Å²) in [6.07, 6.45) is -0.0279. The maximum atomic E-state index is 10.5. The minimum atomic E-state index is -0.863. The van der Waals surface area contributed by atoms with Crippen LogP contribution in [0.25, 0.3) is 11.3 Å². The molecule has 1 aromatic heterocycles. The standard InChI is InChI=1S/C11H10N2O2.ClH/c14-11(15)7-9-6-10(13-12-9)8-4-2-1-3-5-8;/h1-6H,7H2,(H,12,13)(H,14,15);1H. The van der Waals surface area contributed by atoms with Gasteiger partial charge in [0.25, 0.3) is 0 Å². The minimum Gasteiger partial charge on any atom is -0.481 e. The van der Waals surface area contributed by atoms with Gasteiger partial charge in [0.2, 0.25) is 0 Å². The van der Waals surface area contributed by atoms with Gasteiger partial charge >= 0.3 is 5.97 Å². The molecular formula is C11H11ClN2O2. The number of hydrogen-bond donors (Lipinski definition) is 2. The van der Waals surface area contributed by atoms with Crippen LogP contribution in [0.4, 0.5) is 0 Å². The van der Waals surface area contributed by atoms with E-state index in [9.17, 15) is 4.79 Å². The molecule has 0 spiro atoms. The number of carbonyl (C=O) groups is 1. The van der Waals surface area contributed by atoms with E-state index in [1.54, 1.807) is 6.07 Å². The summed E-state index contributed by atoms with van der Waals surface area (Å²) in [5, 5.41) is 15.4. The van der Waals surface area contributed by atoms with Crippen LogP contribution >= 0.6 is 12.4 Å². The van der Waals surface area contributed by atoms with Crippen LogP contribution in [0.3, 0.4) is 0 Å². The third-order valence-corrected chi connectivity index (χ3v) is 2.04. The van der Waals surface area contributed by atoms with Crippen molar-refractivity contribution in [2.45, 2.75) is 6.42 Å². The van der Waals surface area contributed by atoms with Gasteiger partial charge in [0.05, 0.1) is 12.1 Å². The lowest BCUT2D eigenvalue weighted by Gasteiger charge is -1.92. The van der Waals surface area contributed by atoms with Gasteiger partial charge in [-0.2, -0.15) is 5.10 Å². The number of carboxylic acids is 1. The van der Waals surface area contributed by atoms with E-state index < -0.39 is 5.97 Å². The predicted octanol–water partition coefficient (Wildman–Crippen LogP) is 2.13. The van der Waals surface area contributed by atoms with E-state index in [1.807, 2.05) is 30.3 Å². The molecule has 0 saturated heterocycles. The zero-order valence-corrected chi connectivity index (χ0v) is 9.20. The monoisotopic (exact) mass is 238 g/mol. The molecule has 0 atom stereocenters. The first-order chi connectivity index (χ1) is 7.25. The van der Waals surface area contributed by atoms with Crippen molar-refractivity contribution in [2.24, 2.45) is 0 Å². The summed E-state index contributed by atoms with van der Waals surface area (Å²) in [5.41, 5.74) is 2.36. The third-order valence-electron chi connectivity index (χ3n) is 2.04. The molecule has 5 heteroatoms. The van der Waals surface area contributed by atoms with Gasteiger partial charge in [-0.15, -0.1) is 12.4 Å². The maximum Gasteiger partial charge on any atom is 0.309 e. The summed E-state index contributed by atoms with van der Waals surface area (Å²) < 4.78 is 0. The van der Waals surface area contributed by atoms with Gasteiger partial charge in [0, 0.05) is 11.3 Å². The van der Waals surface area contributed by atoms with Gasteiger partial charge in [-0.25, -0.2) is 0 Å². The van der Waals surface area contributed by atoms with Gasteiger partial charge in [-0.1, -0.05) is 30.3 Å². The fraction of sp³-hybridized carbons (Fsp3) is 0.0909. The number of halogens is 1. The Morgan fingerprint density at radius 1 is 1.31 bits per heavy atom. The summed E-state index contributed by atoms with van der Waals surface area (Å²) >= 11 is 0. The van der Waals surface area contributed by atoms with E-state index in [2.05, 4.69) is 10.2 Å². The zero-order chi connectivity index (χ0) is 10.7. The highest BCUT2D eigenvalue weighted by molar-refractivity contribution is 5.85. The van der Waals surface area contributed by atoms with Crippen molar-refractivity contribution in [2.75, 3.05) is 0 Å². The second-order valence-electron chi connectivity index (χ2n) is 3.21. The van der Waals surface area contributed by atoms with Crippen LogP contribution < -0.4 is 0 Å². The summed E-state index contributed by atoms with van der Waals surface area (Å²) in [6, 6.07) is 11.4. The number of benzene rings is 1. The first-order valence-electron chi connectivity index (χ1n) is 4.57. The Hall–Kier alpha value is -1.81.